The molecule has 110 valence electrons. The average Bonchev–Trinajstić information content (AvgIpc) is 2.94. The van der Waals surface area contributed by atoms with Crippen LogP contribution in [-0.2, 0) is 9.47 Å². The van der Waals surface area contributed by atoms with Gasteiger partial charge in [0, 0.05) is 29.8 Å². The molecule has 0 amide bonds. The molecule has 0 atom stereocenters. The van der Waals surface area contributed by atoms with Crippen LogP contribution in [0, 0.1) is 0 Å². The fourth-order valence-corrected chi connectivity index (χ4v) is 3.49. The van der Waals surface area contributed by atoms with Gasteiger partial charge in [-0.05, 0) is 34.5 Å². The van der Waals surface area contributed by atoms with Crippen molar-refractivity contribution in [3.8, 4) is 0 Å². The third-order valence-electron chi connectivity index (χ3n) is 4.09. The SMILES string of the molecule is Brc1cnc2c(N3CCCC4(C3)OCCO4)ccnc2c1. The molecule has 5 nitrogen and oxygen atoms in total. The molecule has 2 aliphatic rings. The van der Waals surface area contributed by atoms with E-state index in [0.29, 0.717) is 13.2 Å². The number of anilines is 1. The molecule has 21 heavy (non-hydrogen) atoms. The van der Waals surface area contributed by atoms with Gasteiger partial charge >= 0.3 is 0 Å². The van der Waals surface area contributed by atoms with Crippen molar-refractivity contribution in [2.75, 3.05) is 31.2 Å². The summed E-state index contributed by atoms with van der Waals surface area (Å²) in [7, 11) is 0. The van der Waals surface area contributed by atoms with Crippen molar-refractivity contribution in [3.05, 3.63) is 29.0 Å². The maximum Gasteiger partial charge on any atom is 0.186 e. The van der Waals surface area contributed by atoms with Crippen molar-refractivity contribution < 1.29 is 9.47 Å². The molecule has 2 aromatic heterocycles. The van der Waals surface area contributed by atoms with E-state index in [1.54, 1.807) is 0 Å². The molecule has 0 unspecified atom stereocenters. The van der Waals surface area contributed by atoms with Gasteiger partial charge in [0.25, 0.3) is 0 Å². The minimum absolute atomic E-state index is 0.427. The number of fused-ring (bicyclic) bond motifs is 1. The molecule has 0 bridgehead atoms. The summed E-state index contributed by atoms with van der Waals surface area (Å²) in [5.74, 6) is -0.427. The molecule has 1 spiro atoms. The Morgan fingerprint density at radius 2 is 2.10 bits per heavy atom. The van der Waals surface area contributed by atoms with Gasteiger partial charge in [0.1, 0.15) is 5.52 Å². The summed E-state index contributed by atoms with van der Waals surface area (Å²) in [6, 6.07) is 4.02. The van der Waals surface area contributed by atoms with E-state index in [9.17, 15) is 0 Å². The Morgan fingerprint density at radius 3 is 2.95 bits per heavy atom. The van der Waals surface area contributed by atoms with Gasteiger partial charge < -0.3 is 14.4 Å². The van der Waals surface area contributed by atoms with Crippen molar-refractivity contribution in [2.45, 2.75) is 18.6 Å². The maximum atomic E-state index is 5.86. The number of aromatic nitrogens is 2. The van der Waals surface area contributed by atoms with Gasteiger partial charge in [-0.15, -0.1) is 0 Å². The number of halogens is 1. The second-order valence-electron chi connectivity index (χ2n) is 5.48. The fraction of sp³-hybridized carbons (Fsp3) is 0.467. The van der Waals surface area contributed by atoms with E-state index in [0.717, 1.165) is 47.1 Å². The second kappa shape index (κ2) is 5.19. The van der Waals surface area contributed by atoms with E-state index in [1.165, 1.54) is 0 Å². The molecule has 0 radical (unpaired) electrons. The lowest BCUT2D eigenvalue weighted by Crippen LogP contribution is -2.49. The highest BCUT2D eigenvalue weighted by Crippen LogP contribution is 2.34. The molecule has 0 aliphatic carbocycles. The minimum atomic E-state index is -0.427. The topological polar surface area (TPSA) is 47.5 Å². The summed E-state index contributed by atoms with van der Waals surface area (Å²) < 4.78 is 12.7. The molecule has 2 aliphatic heterocycles. The van der Waals surface area contributed by atoms with Gasteiger partial charge in [0.15, 0.2) is 5.79 Å². The van der Waals surface area contributed by atoms with Crippen molar-refractivity contribution in [3.63, 3.8) is 0 Å². The van der Waals surface area contributed by atoms with Gasteiger partial charge in [-0.25, -0.2) is 0 Å². The summed E-state index contributed by atoms with van der Waals surface area (Å²) >= 11 is 3.45. The summed E-state index contributed by atoms with van der Waals surface area (Å²) in [6.45, 7) is 3.13. The Balaban J connectivity index is 1.72. The number of hydrogen-bond donors (Lipinski definition) is 0. The summed E-state index contributed by atoms with van der Waals surface area (Å²) in [6.07, 6.45) is 5.67. The van der Waals surface area contributed by atoms with Gasteiger partial charge in [-0.1, -0.05) is 0 Å². The molecule has 2 saturated heterocycles. The van der Waals surface area contributed by atoms with Gasteiger partial charge in [-0.3, -0.25) is 9.97 Å². The van der Waals surface area contributed by atoms with E-state index >= 15 is 0 Å². The highest BCUT2D eigenvalue weighted by molar-refractivity contribution is 9.10. The second-order valence-corrected chi connectivity index (χ2v) is 6.40. The number of nitrogens with zero attached hydrogens (tertiary/aromatic N) is 3. The highest BCUT2D eigenvalue weighted by Gasteiger charge is 2.41. The van der Waals surface area contributed by atoms with Crippen LogP contribution in [0.1, 0.15) is 12.8 Å². The molecule has 0 aromatic carbocycles. The predicted molar refractivity (Wildman–Crippen MR) is 83.3 cm³/mol. The lowest BCUT2D eigenvalue weighted by atomic mass is 10.0. The maximum absolute atomic E-state index is 5.86. The first kappa shape index (κ1) is 13.4. The quantitative estimate of drug-likeness (QED) is 0.792. The van der Waals surface area contributed by atoms with Gasteiger partial charge in [0.2, 0.25) is 0 Å². The summed E-state index contributed by atoms with van der Waals surface area (Å²) in [4.78, 5) is 11.2. The Hall–Kier alpha value is -1.24. The minimum Gasteiger partial charge on any atom is -0.364 e. The molecule has 4 rings (SSSR count). The van der Waals surface area contributed by atoms with Gasteiger partial charge in [-0.2, -0.15) is 0 Å². The van der Waals surface area contributed by atoms with E-state index in [2.05, 4.69) is 30.8 Å². The monoisotopic (exact) mass is 349 g/mol. The van der Waals surface area contributed by atoms with Crippen molar-refractivity contribution in [2.24, 2.45) is 0 Å². The third-order valence-corrected chi connectivity index (χ3v) is 4.53. The third kappa shape index (κ3) is 2.41. The molecule has 2 aromatic rings. The Morgan fingerprint density at radius 1 is 1.24 bits per heavy atom. The van der Waals surface area contributed by atoms with Crippen LogP contribution in [0.15, 0.2) is 29.0 Å². The van der Waals surface area contributed by atoms with Crippen molar-refractivity contribution >= 4 is 32.7 Å². The predicted octanol–water partition coefficient (Wildman–Crippen LogP) is 2.74. The Labute approximate surface area is 131 Å². The first-order valence-corrected chi connectivity index (χ1v) is 7.98. The number of pyridine rings is 2. The van der Waals surface area contributed by atoms with Crippen molar-refractivity contribution in [1.82, 2.24) is 9.97 Å². The Bertz CT molecular complexity index is 673. The van der Waals surface area contributed by atoms with E-state index < -0.39 is 5.79 Å². The normalized spacial score (nSPS) is 21.3. The molecular formula is C15H16BrN3O2. The van der Waals surface area contributed by atoms with Gasteiger partial charge in [0.05, 0.1) is 31.0 Å². The lowest BCUT2D eigenvalue weighted by molar-refractivity contribution is -0.161. The van der Waals surface area contributed by atoms with Crippen LogP contribution in [0.5, 0.6) is 0 Å². The zero-order valence-corrected chi connectivity index (χ0v) is 13.2. The number of ether oxygens (including phenoxy) is 2. The zero-order valence-electron chi connectivity index (χ0n) is 11.6. The summed E-state index contributed by atoms with van der Waals surface area (Å²) in [5, 5.41) is 0. The van der Waals surface area contributed by atoms with E-state index in [1.807, 2.05) is 24.5 Å². The van der Waals surface area contributed by atoms with Crippen LogP contribution in [0.4, 0.5) is 5.69 Å². The number of rotatable bonds is 1. The van der Waals surface area contributed by atoms with E-state index in [-0.39, 0.29) is 0 Å². The Kier molecular flexibility index (Phi) is 3.32. The molecule has 6 heteroatoms. The van der Waals surface area contributed by atoms with Crippen LogP contribution in [0.25, 0.3) is 11.0 Å². The van der Waals surface area contributed by atoms with Crippen LogP contribution in [0.2, 0.25) is 0 Å². The smallest absolute Gasteiger partial charge is 0.186 e. The standard InChI is InChI=1S/C15H16BrN3O2/c16-11-8-12-14(18-9-11)13(2-4-17-12)19-5-1-3-15(10-19)20-6-7-21-15/h2,4,8-9H,1,3,5-7,10H2. The number of hydrogen-bond acceptors (Lipinski definition) is 5. The average molecular weight is 350 g/mol. The highest BCUT2D eigenvalue weighted by atomic mass is 79.9. The van der Waals surface area contributed by atoms with Crippen LogP contribution in [-0.4, -0.2) is 42.1 Å². The number of piperidine rings is 1. The molecular weight excluding hydrogens is 334 g/mol. The van der Waals surface area contributed by atoms with Crippen LogP contribution in [0.3, 0.4) is 0 Å². The zero-order chi connectivity index (χ0) is 14.3. The molecule has 2 fully saturated rings. The van der Waals surface area contributed by atoms with Crippen LogP contribution >= 0.6 is 15.9 Å². The lowest BCUT2D eigenvalue weighted by Gasteiger charge is -2.39. The van der Waals surface area contributed by atoms with Crippen LogP contribution < -0.4 is 4.90 Å². The fourth-order valence-electron chi connectivity index (χ4n) is 3.17. The first-order valence-electron chi connectivity index (χ1n) is 7.19. The molecule has 4 heterocycles. The summed E-state index contributed by atoms with van der Waals surface area (Å²) in [5.41, 5.74) is 2.93. The largest absolute Gasteiger partial charge is 0.364 e. The first-order chi connectivity index (χ1) is 10.3. The molecule has 0 N–H and O–H groups in total. The van der Waals surface area contributed by atoms with E-state index in [4.69, 9.17) is 9.47 Å². The molecule has 0 saturated carbocycles. The van der Waals surface area contributed by atoms with Crippen molar-refractivity contribution in [1.29, 1.82) is 0 Å².